The van der Waals surface area contributed by atoms with Crippen LogP contribution in [0.1, 0.15) is 32.3 Å². The molecule has 3 saturated heterocycles. The van der Waals surface area contributed by atoms with E-state index in [1.165, 1.54) is 31.5 Å². The lowest BCUT2D eigenvalue weighted by Gasteiger charge is -2.50. The van der Waals surface area contributed by atoms with Crippen LogP contribution in [0.25, 0.3) is 11.3 Å². The van der Waals surface area contributed by atoms with Crippen molar-refractivity contribution in [2.75, 3.05) is 18.4 Å². The molecule has 0 amide bonds. The second-order valence-electron chi connectivity index (χ2n) is 7.14. The molecule has 2 atom stereocenters. The van der Waals surface area contributed by atoms with Gasteiger partial charge in [0.25, 0.3) is 0 Å². The maximum atomic E-state index is 4.43. The van der Waals surface area contributed by atoms with Gasteiger partial charge in [0, 0.05) is 17.6 Å². The van der Waals surface area contributed by atoms with Gasteiger partial charge in [-0.05, 0) is 62.9 Å². The number of aromatic nitrogens is 2. The first kappa shape index (κ1) is 15.6. The summed E-state index contributed by atoms with van der Waals surface area (Å²) >= 11 is 0. The molecule has 4 heterocycles. The molecule has 1 N–H and O–H groups in total. The van der Waals surface area contributed by atoms with Crippen LogP contribution in [-0.2, 0) is 6.42 Å². The van der Waals surface area contributed by atoms with E-state index in [9.17, 15) is 0 Å². The second kappa shape index (κ2) is 6.52. The number of hydrogen-bond acceptors (Lipinski definition) is 4. The number of rotatable bonds is 4. The lowest BCUT2D eigenvalue weighted by atomic mass is 9.79. The van der Waals surface area contributed by atoms with Crippen molar-refractivity contribution in [3.8, 4) is 11.3 Å². The topological polar surface area (TPSA) is 41.0 Å². The molecule has 0 aliphatic carbocycles. The number of nitrogens with one attached hydrogen (secondary N) is 1. The molecule has 3 aliphatic rings. The number of aryl methyl sites for hydroxylation is 1. The number of hydrogen-bond donors (Lipinski definition) is 1. The zero-order valence-electron chi connectivity index (χ0n) is 14.6. The molecule has 1 aromatic carbocycles. The molecule has 24 heavy (non-hydrogen) atoms. The molecule has 3 aliphatic heterocycles. The van der Waals surface area contributed by atoms with E-state index in [1.54, 1.807) is 0 Å². The summed E-state index contributed by atoms with van der Waals surface area (Å²) in [5.41, 5.74) is 3.41. The Labute approximate surface area is 144 Å². The molecule has 3 fully saturated rings. The lowest BCUT2D eigenvalue weighted by molar-refractivity contribution is 0.0457. The normalized spacial score (nSPS) is 28.8. The Morgan fingerprint density at radius 2 is 1.79 bits per heavy atom. The molecular formula is C20H26N4. The Bertz CT molecular complexity index is 670. The molecular weight excluding hydrogens is 296 g/mol. The van der Waals surface area contributed by atoms with Gasteiger partial charge in [-0.15, -0.1) is 10.2 Å². The van der Waals surface area contributed by atoms with Crippen molar-refractivity contribution in [3.05, 3.63) is 42.0 Å². The molecule has 0 spiro atoms. The van der Waals surface area contributed by atoms with Crippen LogP contribution in [0.5, 0.6) is 0 Å². The fourth-order valence-corrected chi connectivity index (χ4v) is 4.19. The van der Waals surface area contributed by atoms with E-state index in [1.807, 2.05) is 0 Å². The fraction of sp³-hybridized carbons (Fsp3) is 0.500. The van der Waals surface area contributed by atoms with Crippen LogP contribution in [0.3, 0.4) is 0 Å². The van der Waals surface area contributed by atoms with Gasteiger partial charge >= 0.3 is 0 Å². The molecule has 0 radical (unpaired) electrons. The van der Waals surface area contributed by atoms with Crippen molar-refractivity contribution in [1.82, 2.24) is 15.1 Å². The minimum atomic E-state index is 0.497. The van der Waals surface area contributed by atoms with Gasteiger partial charge in [0.05, 0.1) is 5.69 Å². The molecule has 0 unspecified atom stereocenters. The third kappa shape index (κ3) is 2.91. The van der Waals surface area contributed by atoms with Crippen LogP contribution < -0.4 is 5.32 Å². The minimum absolute atomic E-state index is 0.497. The van der Waals surface area contributed by atoms with Gasteiger partial charge < -0.3 is 5.32 Å². The highest BCUT2D eigenvalue weighted by Crippen LogP contribution is 2.33. The van der Waals surface area contributed by atoms with Gasteiger partial charge in [0.2, 0.25) is 0 Å². The Kier molecular flexibility index (Phi) is 4.23. The highest BCUT2D eigenvalue weighted by Gasteiger charge is 2.39. The highest BCUT2D eigenvalue weighted by molar-refractivity contribution is 5.60. The number of piperidine rings is 3. The Morgan fingerprint density at radius 1 is 1.04 bits per heavy atom. The Balaban J connectivity index is 1.47. The summed E-state index contributed by atoms with van der Waals surface area (Å²) in [6.45, 7) is 7.01. The van der Waals surface area contributed by atoms with E-state index >= 15 is 0 Å². The molecule has 126 valence electrons. The van der Waals surface area contributed by atoms with Gasteiger partial charge in [-0.2, -0.15) is 0 Å². The third-order valence-corrected chi connectivity index (χ3v) is 5.81. The van der Waals surface area contributed by atoms with Crippen LogP contribution in [0.4, 0.5) is 5.82 Å². The van der Waals surface area contributed by atoms with Gasteiger partial charge in [0.15, 0.2) is 0 Å². The van der Waals surface area contributed by atoms with Crippen molar-refractivity contribution in [2.24, 2.45) is 5.92 Å². The number of benzene rings is 1. The lowest BCUT2D eigenvalue weighted by Crippen LogP contribution is -2.59. The standard InChI is InChI=1S/C20H26N4/c1-3-15-4-6-16(7-5-15)18-8-9-19(23-22-18)21-20-14(2)24-12-10-17(20)11-13-24/h4-9,14,17,20H,3,10-13H2,1-2H3,(H,21,23)/t14-,20+/m1/s1. The summed E-state index contributed by atoms with van der Waals surface area (Å²) < 4.78 is 0. The summed E-state index contributed by atoms with van der Waals surface area (Å²) in [6, 6.07) is 13.8. The van der Waals surface area contributed by atoms with Crippen molar-refractivity contribution in [2.45, 2.75) is 45.2 Å². The zero-order valence-corrected chi connectivity index (χ0v) is 14.6. The third-order valence-electron chi connectivity index (χ3n) is 5.81. The summed E-state index contributed by atoms with van der Waals surface area (Å²) in [5, 5.41) is 12.5. The largest absolute Gasteiger partial charge is 0.364 e. The fourth-order valence-electron chi connectivity index (χ4n) is 4.19. The first-order valence-corrected chi connectivity index (χ1v) is 9.18. The summed E-state index contributed by atoms with van der Waals surface area (Å²) in [6.07, 6.45) is 3.67. The molecule has 0 saturated carbocycles. The van der Waals surface area contributed by atoms with Gasteiger partial charge in [-0.3, -0.25) is 4.90 Å². The predicted octanol–water partition coefficient (Wildman–Crippen LogP) is 3.60. The predicted molar refractivity (Wildman–Crippen MR) is 98.0 cm³/mol. The van der Waals surface area contributed by atoms with Crippen molar-refractivity contribution in [3.63, 3.8) is 0 Å². The Morgan fingerprint density at radius 3 is 2.38 bits per heavy atom. The van der Waals surface area contributed by atoms with Gasteiger partial charge in [-0.1, -0.05) is 31.2 Å². The van der Waals surface area contributed by atoms with Crippen LogP contribution in [0, 0.1) is 5.92 Å². The number of nitrogens with zero attached hydrogens (tertiary/aromatic N) is 3. The maximum absolute atomic E-state index is 4.43. The molecule has 2 bridgehead atoms. The van der Waals surface area contributed by atoms with E-state index < -0.39 is 0 Å². The summed E-state index contributed by atoms with van der Waals surface area (Å²) in [5.74, 6) is 1.67. The highest BCUT2D eigenvalue weighted by atomic mass is 15.2. The smallest absolute Gasteiger partial charge is 0.148 e. The minimum Gasteiger partial charge on any atom is -0.364 e. The summed E-state index contributed by atoms with van der Waals surface area (Å²) in [7, 11) is 0. The van der Waals surface area contributed by atoms with Crippen LogP contribution >= 0.6 is 0 Å². The van der Waals surface area contributed by atoms with E-state index in [-0.39, 0.29) is 0 Å². The van der Waals surface area contributed by atoms with Crippen molar-refractivity contribution >= 4 is 5.82 Å². The molecule has 4 nitrogen and oxygen atoms in total. The first-order valence-electron chi connectivity index (χ1n) is 9.18. The quantitative estimate of drug-likeness (QED) is 0.934. The van der Waals surface area contributed by atoms with Crippen molar-refractivity contribution in [1.29, 1.82) is 0 Å². The van der Waals surface area contributed by atoms with E-state index in [0.717, 1.165) is 29.4 Å². The van der Waals surface area contributed by atoms with Gasteiger partial charge in [0.1, 0.15) is 5.82 Å². The molecule has 2 aromatic rings. The first-order chi connectivity index (χ1) is 11.7. The van der Waals surface area contributed by atoms with Crippen LogP contribution in [0.2, 0.25) is 0 Å². The van der Waals surface area contributed by atoms with Crippen LogP contribution in [0.15, 0.2) is 36.4 Å². The molecule has 5 rings (SSSR count). The average Bonchev–Trinajstić information content (AvgIpc) is 2.66. The zero-order chi connectivity index (χ0) is 16.5. The van der Waals surface area contributed by atoms with Crippen LogP contribution in [-0.4, -0.2) is 40.3 Å². The van der Waals surface area contributed by atoms with Crippen molar-refractivity contribution < 1.29 is 0 Å². The van der Waals surface area contributed by atoms with E-state index in [0.29, 0.717) is 12.1 Å². The van der Waals surface area contributed by atoms with Gasteiger partial charge in [-0.25, -0.2) is 0 Å². The maximum Gasteiger partial charge on any atom is 0.148 e. The summed E-state index contributed by atoms with van der Waals surface area (Å²) in [4.78, 5) is 2.59. The average molecular weight is 322 g/mol. The SMILES string of the molecule is CCc1ccc(-c2ccc(N[C@@H]3C4CCN(CC4)[C@@H]3C)nn2)cc1. The second-order valence-corrected chi connectivity index (χ2v) is 7.14. The molecule has 4 heteroatoms. The number of fused-ring (bicyclic) bond motifs is 3. The van der Waals surface area contributed by atoms with E-state index in [2.05, 4.69) is 70.7 Å². The Hall–Kier alpha value is -1.94. The number of anilines is 1. The molecule has 1 aromatic heterocycles. The van der Waals surface area contributed by atoms with E-state index in [4.69, 9.17) is 0 Å². The monoisotopic (exact) mass is 322 g/mol.